The van der Waals surface area contributed by atoms with Crippen molar-refractivity contribution >= 4 is 0 Å². The van der Waals surface area contributed by atoms with Crippen molar-refractivity contribution in [2.24, 2.45) is 5.92 Å². The first-order chi connectivity index (χ1) is 4.92. The summed E-state index contributed by atoms with van der Waals surface area (Å²) in [4.78, 5) is 0. The lowest BCUT2D eigenvalue weighted by atomic mass is 9.92. The van der Waals surface area contributed by atoms with Gasteiger partial charge in [0.2, 0.25) is 0 Å². The van der Waals surface area contributed by atoms with Crippen LogP contribution >= 0.6 is 0 Å². The molecule has 3 rings (SSSR count). The van der Waals surface area contributed by atoms with E-state index in [1.807, 2.05) is 0 Å². The molecule has 4 unspecified atom stereocenters. The number of rotatable bonds is 0. The summed E-state index contributed by atoms with van der Waals surface area (Å²) in [5.74, 6) is 0.656. The van der Waals surface area contributed by atoms with Crippen LogP contribution in [0.15, 0.2) is 12.2 Å². The van der Waals surface area contributed by atoms with Crippen molar-refractivity contribution in [1.82, 2.24) is 0 Å². The van der Waals surface area contributed by atoms with E-state index in [4.69, 9.17) is 9.47 Å². The van der Waals surface area contributed by atoms with E-state index >= 15 is 0 Å². The molecule has 0 aromatic heterocycles. The normalized spacial score (nSPS) is 56.0. The van der Waals surface area contributed by atoms with Crippen molar-refractivity contribution in [3.05, 3.63) is 12.2 Å². The minimum absolute atomic E-state index is 0.115. The van der Waals surface area contributed by atoms with E-state index in [2.05, 4.69) is 12.2 Å². The second-order valence-corrected chi connectivity index (χ2v) is 3.30. The van der Waals surface area contributed by atoms with Gasteiger partial charge in [-0.3, -0.25) is 0 Å². The molecule has 2 heterocycles. The highest BCUT2D eigenvalue weighted by atomic mass is 16.7. The van der Waals surface area contributed by atoms with E-state index in [1.165, 1.54) is 0 Å². The molecule has 0 amide bonds. The fourth-order valence-corrected chi connectivity index (χ4v) is 2.12. The lowest BCUT2D eigenvalue weighted by Gasteiger charge is -2.30. The van der Waals surface area contributed by atoms with Crippen molar-refractivity contribution < 1.29 is 9.47 Å². The zero-order valence-electron chi connectivity index (χ0n) is 5.69. The van der Waals surface area contributed by atoms with E-state index in [9.17, 15) is 0 Å². The Hall–Kier alpha value is -0.340. The standard InChI is InChI=1S/C8H10O2/c1-2-6-4-7-5(1)3-8(9-6)10-7/h1-2,5-8H,3-4H2. The Morgan fingerprint density at radius 3 is 3.10 bits per heavy atom. The molecule has 4 atom stereocenters. The zero-order chi connectivity index (χ0) is 6.55. The molecule has 0 spiro atoms. The maximum Gasteiger partial charge on any atom is 0.159 e. The van der Waals surface area contributed by atoms with Gasteiger partial charge in [0, 0.05) is 18.8 Å². The molecule has 0 radical (unpaired) electrons. The Balaban J connectivity index is 2.04. The minimum Gasteiger partial charge on any atom is -0.349 e. The largest absolute Gasteiger partial charge is 0.349 e. The quantitative estimate of drug-likeness (QED) is 0.466. The molecule has 2 aliphatic heterocycles. The zero-order valence-corrected chi connectivity index (χ0v) is 5.69. The highest BCUT2D eigenvalue weighted by molar-refractivity contribution is 5.08. The van der Waals surface area contributed by atoms with E-state index in [0.717, 1.165) is 12.8 Å². The third kappa shape index (κ3) is 0.559. The number of ether oxygens (including phenoxy) is 2. The topological polar surface area (TPSA) is 18.5 Å². The molecule has 3 aliphatic rings. The lowest BCUT2D eigenvalue weighted by Crippen LogP contribution is -2.33. The molecule has 3 bridgehead atoms. The van der Waals surface area contributed by atoms with Crippen molar-refractivity contribution in [2.45, 2.75) is 31.3 Å². The van der Waals surface area contributed by atoms with Crippen molar-refractivity contribution in [3.8, 4) is 0 Å². The molecule has 54 valence electrons. The van der Waals surface area contributed by atoms with Gasteiger partial charge in [-0.15, -0.1) is 0 Å². The van der Waals surface area contributed by atoms with Crippen LogP contribution in [0.5, 0.6) is 0 Å². The summed E-state index contributed by atoms with van der Waals surface area (Å²) in [6.45, 7) is 0. The first kappa shape index (κ1) is 5.33. The van der Waals surface area contributed by atoms with E-state index in [1.54, 1.807) is 0 Å². The second-order valence-electron chi connectivity index (χ2n) is 3.30. The Bertz CT molecular complexity index is 184. The van der Waals surface area contributed by atoms with Gasteiger partial charge in [0.05, 0.1) is 12.2 Å². The summed E-state index contributed by atoms with van der Waals surface area (Å²) in [6, 6.07) is 0. The summed E-state index contributed by atoms with van der Waals surface area (Å²) in [5.41, 5.74) is 0. The van der Waals surface area contributed by atoms with Crippen LogP contribution in [-0.2, 0) is 9.47 Å². The van der Waals surface area contributed by atoms with E-state index in [-0.39, 0.29) is 6.29 Å². The lowest BCUT2D eigenvalue weighted by molar-refractivity contribution is -0.198. The van der Waals surface area contributed by atoms with E-state index in [0.29, 0.717) is 18.1 Å². The number of hydrogen-bond acceptors (Lipinski definition) is 2. The predicted octanol–water partition coefficient (Wildman–Crippen LogP) is 1.08. The Kier molecular flexibility index (Phi) is 0.868. The number of hydrogen-bond donors (Lipinski definition) is 0. The molecule has 1 aliphatic carbocycles. The summed E-state index contributed by atoms with van der Waals surface area (Å²) in [5, 5.41) is 0. The van der Waals surface area contributed by atoms with Crippen LogP contribution in [-0.4, -0.2) is 18.5 Å². The summed E-state index contributed by atoms with van der Waals surface area (Å²) >= 11 is 0. The minimum atomic E-state index is 0.115. The van der Waals surface area contributed by atoms with Gasteiger partial charge in [-0.2, -0.15) is 0 Å². The van der Waals surface area contributed by atoms with Crippen molar-refractivity contribution in [3.63, 3.8) is 0 Å². The van der Waals surface area contributed by atoms with Gasteiger partial charge in [0.25, 0.3) is 0 Å². The maximum atomic E-state index is 5.56. The smallest absolute Gasteiger partial charge is 0.159 e. The van der Waals surface area contributed by atoms with Gasteiger partial charge in [0.15, 0.2) is 6.29 Å². The first-order valence-electron chi connectivity index (χ1n) is 3.91. The predicted molar refractivity (Wildman–Crippen MR) is 35.4 cm³/mol. The summed E-state index contributed by atoms with van der Waals surface area (Å²) in [7, 11) is 0. The molecular formula is C8H10O2. The first-order valence-corrected chi connectivity index (χ1v) is 3.91. The average Bonchev–Trinajstić information content (AvgIpc) is 2.11. The molecule has 2 heteroatoms. The molecule has 0 N–H and O–H groups in total. The molecule has 10 heavy (non-hydrogen) atoms. The molecule has 0 saturated carbocycles. The Labute approximate surface area is 59.8 Å². The second kappa shape index (κ2) is 1.63. The van der Waals surface area contributed by atoms with Gasteiger partial charge in [-0.25, -0.2) is 0 Å². The molecular weight excluding hydrogens is 128 g/mol. The molecule has 0 aromatic rings. The van der Waals surface area contributed by atoms with Crippen LogP contribution in [0, 0.1) is 5.92 Å². The highest BCUT2D eigenvalue weighted by Gasteiger charge is 2.43. The summed E-state index contributed by atoms with van der Waals surface area (Å²) < 4.78 is 11.1. The fourth-order valence-electron chi connectivity index (χ4n) is 2.12. The van der Waals surface area contributed by atoms with Gasteiger partial charge in [-0.1, -0.05) is 12.2 Å². The van der Waals surface area contributed by atoms with Gasteiger partial charge < -0.3 is 9.47 Å². The number of fused-ring (bicyclic) bond motifs is 2. The average molecular weight is 138 g/mol. The third-order valence-corrected chi connectivity index (χ3v) is 2.63. The Morgan fingerprint density at radius 1 is 1.10 bits per heavy atom. The molecule has 2 fully saturated rings. The fraction of sp³-hybridized carbons (Fsp3) is 0.750. The van der Waals surface area contributed by atoms with Gasteiger partial charge >= 0.3 is 0 Å². The monoisotopic (exact) mass is 138 g/mol. The molecule has 0 aromatic carbocycles. The van der Waals surface area contributed by atoms with Crippen LogP contribution in [0.3, 0.4) is 0 Å². The maximum absolute atomic E-state index is 5.56. The van der Waals surface area contributed by atoms with Crippen LogP contribution in [0.4, 0.5) is 0 Å². The Morgan fingerprint density at radius 2 is 2.10 bits per heavy atom. The van der Waals surface area contributed by atoms with Crippen molar-refractivity contribution in [2.75, 3.05) is 0 Å². The summed E-state index contributed by atoms with van der Waals surface area (Å²) in [6.07, 6.45) is 7.56. The van der Waals surface area contributed by atoms with Gasteiger partial charge in [0.1, 0.15) is 0 Å². The third-order valence-electron chi connectivity index (χ3n) is 2.63. The van der Waals surface area contributed by atoms with E-state index < -0.39 is 0 Å². The van der Waals surface area contributed by atoms with Crippen LogP contribution < -0.4 is 0 Å². The molecule has 2 nitrogen and oxygen atoms in total. The SMILES string of the molecule is C1=CC2CC3OC1CC2O3. The molecule has 2 saturated heterocycles. The van der Waals surface area contributed by atoms with Crippen LogP contribution in [0.1, 0.15) is 12.8 Å². The highest BCUT2D eigenvalue weighted by Crippen LogP contribution is 2.40. The van der Waals surface area contributed by atoms with Gasteiger partial charge in [-0.05, 0) is 0 Å². The van der Waals surface area contributed by atoms with Crippen LogP contribution in [0.2, 0.25) is 0 Å². The van der Waals surface area contributed by atoms with Crippen molar-refractivity contribution in [1.29, 1.82) is 0 Å². The van der Waals surface area contributed by atoms with Crippen LogP contribution in [0.25, 0.3) is 0 Å².